The second kappa shape index (κ2) is 5.19. The SMILES string of the molecule is N#Cc1ccc(NCC(O)c2ccco2)cc1. The Morgan fingerprint density at radius 1 is 1.29 bits per heavy atom. The summed E-state index contributed by atoms with van der Waals surface area (Å²) in [6.07, 6.45) is 0.848. The van der Waals surface area contributed by atoms with Gasteiger partial charge < -0.3 is 14.8 Å². The minimum absolute atomic E-state index is 0.361. The van der Waals surface area contributed by atoms with Crippen LogP contribution in [0.4, 0.5) is 5.69 Å². The van der Waals surface area contributed by atoms with E-state index in [9.17, 15) is 5.11 Å². The number of nitrogens with zero attached hydrogens (tertiary/aromatic N) is 1. The topological polar surface area (TPSA) is 69.2 Å². The Hall–Kier alpha value is -2.25. The molecular weight excluding hydrogens is 216 g/mol. The zero-order valence-corrected chi connectivity index (χ0v) is 9.13. The monoisotopic (exact) mass is 228 g/mol. The Kier molecular flexibility index (Phi) is 3.43. The van der Waals surface area contributed by atoms with Crippen molar-refractivity contribution in [3.63, 3.8) is 0 Å². The lowest BCUT2D eigenvalue weighted by molar-refractivity contribution is 0.162. The summed E-state index contributed by atoms with van der Waals surface area (Å²) >= 11 is 0. The van der Waals surface area contributed by atoms with Crippen LogP contribution in [0.2, 0.25) is 0 Å². The van der Waals surface area contributed by atoms with Gasteiger partial charge in [-0.25, -0.2) is 0 Å². The predicted molar refractivity (Wildman–Crippen MR) is 63.3 cm³/mol. The van der Waals surface area contributed by atoms with Gasteiger partial charge in [0.2, 0.25) is 0 Å². The van der Waals surface area contributed by atoms with Crippen molar-refractivity contribution in [2.45, 2.75) is 6.10 Å². The molecule has 0 spiro atoms. The molecule has 4 heteroatoms. The molecule has 1 atom stereocenters. The van der Waals surface area contributed by atoms with Gasteiger partial charge in [0, 0.05) is 12.2 Å². The standard InChI is InChI=1S/C13H12N2O2/c14-8-10-3-5-11(6-4-10)15-9-12(16)13-2-1-7-17-13/h1-7,12,15-16H,9H2. The molecule has 2 N–H and O–H groups in total. The molecule has 2 rings (SSSR count). The van der Waals surface area contributed by atoms with Gasteiger partial charge >= 0.3 is 0 Å². The van der Waals surface area contributed by atoms with Crippen LogP contribution in [0.15, 0.2) is 47.1 Å². The maximum atomic E-state index is 9.76. The highest BCUT2D eigenvalue weighted by atomic mass is 16.4. The van der Waals surface area contributed by atoms with E-state index < -0.39 is 6.10 Å². The van der Waals surface area contributed by atoms with Gasteiger partial charge in [-0.1, -0.05) is 0 Å². The third-order valence-electron chi connectivity index (χ3n) is 2.39. The zero-order chi connectivity index (χ0) is 12.1. The van der Waals surface area contributed by atoms with E-state index in [1.807, 2.05) is 6.07 Å². The first kappa shape index (κ1) is 11.2. The number of nitrogens with one attached hydrogen (secondary N) is 1. The van der Waals surface area contributed by atoms with Gasteiger partial charge in [0.25, 0.3) is 0 Å². The van der Waals surface area contributed by atoms with Crippen molar-refractivity contribution < 1.29 is 9.52 Å². The van der Waals surface area contributed by atoms with Crippen molar-refractivity contribution in [3.8, 4) is 6.07 Å². The summed E-state index contributed by atoms with van der Waals surface area (Å²) < 4.78 is 5.09. The lowest BCUT2D eigenvalue weighted by Crippen LogP contribution is -2.11. The first-order valence-corrected chi connectivity index (χ1v) is 5.25. The van der Waals surface area contributed by atoms with Crippen molar-refractivity contribution in [1.29, 1.82) is 5.26 Å². The summed E-state index contributed by atoms with van der Waals surface area (Å²) in [5.41, 5.74) is 1.47. The van der Waals surface area contributed by atoms with Crippen LogP contribution in [-0.2, 0) is 0 Å². The largest absolute Gasteiger partial charge is 0.467 e. The van der Waals surface area contributed by atoms with E-state index in [0.29, 0.717) is 17.9 Å². The maximum absolute atomic E-state index is 9.76. The van der Waals surface area contributed by atoms with Crippen molar-refractivity contribution in [1.82, 2.24) is 0 Å². The van der Waals surface area contributed by atoms with Crippen LogP contribution in [0, 0.1) is 11.3 Å². The smallest absolute Gasteiger partial charge is 0.134 e. The molecule has 0 aliphatic carbocycles. The molecule has 0 aliphatic heterocycles. The molecule has 1 aromatic heterocycles. The van der Waals surface area contributed by atoms with Crippen LogP contribution < -0.4 is 5.32 Å². The van der Waals surface area contributed by atoms with Crippen LogP contribution in [0.3, 0.4) is 0 Å². The second-order valence-electron chi connectivity index (χ2n) is 3.60. The van der Waals surface area contributed by atoms with Gasteiger partial charge in [0.1, 0.15) is 11.9 Å². The van der Waals surface area contributed by atoms with Crippen LogP contribution in [0.1, 0.15) is 17.4 Å². The van der Waals surface area contributed by atoms with E-state index in [4.69, 9.17) is 9.68 Å². The fourth-order valence-electron chi connectivity index (χ4n) is 1.46. The van der Waals surface area contributed by atoms with Crippen LogP contribution in [0.5, 0.6) is 0 Å². The van der Waals surface area contributed by atoms with Crippen LogP contribution in [0.25, 0.3) is 0 Å². The van der Waals surface area contributed by atoms with Crippen molar-refractivity contribution in [2.24, 2.45) is 0 Å². The summed E-state index contributed by atoms with van der Waals surface area (Å²) in [5, 5.41) is 21.5. The minimum Gasteiger partial charge on any atom is -0.467 e. The van der Waals surface area contributed by atoms with E-state index in [1.54, 1.807) is 36.4 Å². The fourth-order valence-corrected chi connectivity index (χ4v) is 1.46. The van der Waals surface area contributed by atoms with Gasteiger partial charge in [-0.15, -0.1) is 0 Å². The minimum atomic E-state index is -0.680. The lowest BCUT2D eigenvalue weighted by Gasteiger charge is -2.10. The number of aliphatic hydroxyl groups excluding tert-OH is 1. The highest BCUT2D eigenvalue weighted by Gasteiger charge is 2.09. The highest BCUT2D eigenvalue weighted by Crippen LogP contribution is 2.15. The molecule has 17 heavy (non-hydrogen) atoms. The molecule has 0 radical (unpaired) electrons. The number of anilines is 1. The first-order chi connectivity index (χ1) is 8.29. The van der Waals surface area contributed by atoms with Crippen molar-refractivity contribution >= 4 is 5.69 Å². The number of benzene rings is 1. The average Bonchev–Trinajstić information content (AvgIpc) is 2.90. The van der Waals surface area contributed by atoms with Gasteiger partial charge in [-0.05, 0) is 36.4 Å². The van der Waals surface area contributed by atoms with Crippen LogP contribution >= 0.6 is 0 Å². The first-order valence-electron chi connectivity index (χ1n) is 5.25. The molecule has 0 saturated carbocycles. The molecule has 4 nitrogen and oxygen atoms in total. The van der Waals surface area contributed by atoms with E-state index in [0.717, 1.165) is 5.69 Å². The highest BCUT2D eigenvalue weighted by molar-refractivity contribution is 5.47. The van der Waals surface area contributed by atoms with Crippen LogP contribution in [-0.4, -0.2) is 11.7 Å². The molecule has 1 unspecified atom stereocenters. The molecule has 0 amide bonds. The summed E-state index contributed by atoms with van der Waals surface area (Å²) in [4.78, 5) is 0. The summed E-state index contributed by atoms with van der Waals surface area (Å²) in [6.45, 7) is 0.361. The van der Waals surface area contributed by atoms with Gasteiger partial charge in [0.15, 0.2) is 0 Å². The third kappa shape index (κ3) is 2.86. The van der Waals surface area contributed by atoms with Gasteiger partial charge in [-0.3, -0.25) is 0 Å². The Bertz CT molecular complexity index is 497. The molecule has 0 saturated heterocycles. The van der Waals surface area contributed by atoms with E-state index >= 15 is 0 Å². The molecular formula is C13H12N2O2. The lowest BCUT2D eigenvalue weighted by atomic mass is 10.2. The summed E-state index contributed by atoms with van der Waals surface area (Å²) in [5.74, 6) is 0.533. The van der Waals surface area contributed by atoms with Crippen molar-refractivity contribution in [3.05, 3.63) is 54.0 Å². The predicted octanol–water partition coefficient (Wildman–Crippen LogP) is 2.30. The number of furan rings is 1. The summed E-state index contributed by atoms with van der Waals surface area (Å²) in [6, 6.07) is 12.6. The van der Waals surface area contributed by atoms with E-state index in [-0.39, 0.29) is 0 Å². The molecule has 0 fully saturated rings. The molecule has 2 aromatic rings. The quantitative estimate of drug-likeness (QED) is 0.842. The zero-order valence-electron chi connectivity index (χ0n) is 9.13. The maximum Gasteiger partial charge on any atom is 0.134 e. The normalized spacial score (nSPS) is 11.8. The molecule has 0 bridgehead atoms. The number of aliphatic hydroxyl groups is 1. The fraction of sp³-hybridized carbons (Fsp3) is 0.154. The summed E-state index contributed by atoms with van der Waals surface area (Å²) in [7, 11) is 0. The van der Waals surface area contributed by atoms with Gasteiger partial charge in [0.05, 0.1) is 17.9 Å². The molecule has 1 aromatic carbocycles. The number of rotatable bonds is 4. The second-order valence-corrected chi connectivity index (χ2v) is 3.60. The number of hydrogen-bond donors (Lipinski definition) is 2. The molecule has 0 aliphatic rings. The van der Waals surface area contributed by atoms with Crippen molar-refractivity contribution in [2.75, 3.05) is 11.9 Å². The Balaban J connectivity index is 1.91. The Morgan fingerprint density at radius 3 is 2.65 bits per heavy atom. The third-order valence-corrected chi connectivity index (χ3v) is 2.39. The Labute approximate surface area is 99.1 Å². The van der Waals surface area contributed by atoms with E-state index in [1.165, 1.54) is 6.26 Å². The number of nitriles is 1. The Morgan fingerprint density at radius 2 is 2.06 bits per heavy atom. The van der Waals surface area contributed by atoms with Gasteiger partial charge in [-0.2, -0.15) is 5.26 Å². The van der Waals surface area contributed by atoms with E-state index in [2.05, 4.69) is 5.32 Å². The average molecular weight is 228 g/mol. The number of hydrogen-bond acceptors (Lipinski definition) is 4. The molecule has 1 heterocycles. The molecule has 86 valence electrons.